The Hall–Kier alpha value is -1.32. The van der Waals surface area contributed by atoms with E-state index in [-0.39, 0.29) is 6.61 Å². The van der Waals surface area contributed by atoms with Gasteiger partial charge in [0.1, 0.15) is 5.82 Å². The molecule has 0 unspecified atom stereocenters. The summed E-state index contributed by atoms with van der Waals surface area (Å²) in [5.41, 5.74) is 1.32. The van der Waals surface area contributed by atoms with Gasteiger partial charge >= 0.3 is 0 Å². The second kappa shape index (κ2) is 6.57. The van der Waals surface area contributed by atoms with E-state index in [0.29, 0.717) is 6.54 Å². The predicted molar refractivity (Wildman–Crippen MR) is 74.8 cm³/mol. The largest absolute Gasteiger partial charge is 0.395 e. The second-order valence-electron chi connectivity index (χ2n) is 4.27. The third-order valence-corrected chi connectivity index (χ3v) is 3.24. The minimum Gasteiger partial charge on any atom is -0.395 e. The highest BCUT2D eigenvalue weighted by Crippen LogP contribution is 2.22. The maximum atomic E-state index is 9.15. The average molecular weight is 265 g/mol. The van der Waals surface area contributed by atoms with Gasteiger partial charge in [-0.05, 0) is 31.1 Å². The molecule has 4 heteroatoms. The number of aromatic nitrogens is 1. The highest BCUT2D eigenvalue weighted by molar-refractivity contribution is 6.29. The standard InChI is InChI=1S/C14H17ClN2O/c15-13-6-4-12(5-7-13)11-17(9-10-18)14-3-1-2-8-16-14/h1-4,6,8,18H,5,7,9-11H2. The Labute approximate surface area is 112 Å². The van der Waals surface area contributed by atoms with Gasteiger partial charge in [0.25, 0.3) is 0 Å². The zero-order chi connectivity index (χ0) is 12.8. The maximum Gasteiger partial charge on any atom is 0.128 e. The van der Waals surface area contributed by atoms with Crippen LogP contribution in [-0.4, -0.2) is 29.8 Å². The third-order valence-electron chi connectivity index (χ3n) is 2.92. The number of aliphatic hydroxyl groups is 1. The predicted octanol–water partition coefficient (Wildman–Crippen LogP) is 2.72. The molecule has 1 aliphatic rings. The summed E-state index contributed by atoms with van der Waals surface area (Å²) in [7, 11) is 0. The van der Waals surface area contributed by atoms with Crippen molar-refractivity contribution < 1.29 is 5.11 Å². The fraction of sp³-hybridized carbons (Fsp3) is 0.357. The van der Waals surface area contributed by atoms with Crippen molar-refractivity contribution in [2.45, 2.75) is 12.8 Å². The van der Waals surface area contributed by atoms with Gasteiger partial charge in [0.15, 0.2) is 0 Å². The number of pyridine rings is 1. The molecule has 0 aliphatic heterocycles. The van der Waals surface area contributed by atoms with Crippen LogP contribution >= 0.6 is 11.6 Å². The monoisotopic (exact) mass is 264 g/mol. The van der Waals surface area contributed by atoms with Crippen LogP contribution in [0.15, 0.2) is 47.2 Å². The second-order valence-corrected chi connectivity index (χ2v) is 4.76. The highest BCUT2D eigenvalue weighted by atomic mass is 35.5. The molecular weight excluding hydrogens is 248 g/mol. The molecule has 0 atom stereocenters. The Morgan fingerprint density at radius 1 is 1.28 bits per heavy atom. The van der Waals surface area contributed by atoms with Crippen molar-refractivity contribution in [3.05, 3.63) is 47.2 Å². The first-order valence-corrected chi connectivity index (χ1v) is 6.48. The van der Waals surface area contributed by atoms with E-state index < -0.39 is 0 Å². The number of hydrogen-bond acceptors (Lipinski definition) is 3. The van der Waals surface area contributed by atoms with E-state index in [1.165, 1.54) is 5.57 Å². The molecule has 1 N–H and O–H groups in total. The summed E-state index contributed by atoms with van der Waals surface area (Å²) in [6.07, 6.45) is 7.67. The van der Waals surface area contributed by atoms with E-state index in [0.717, 1.165) is 30.2 Å². The lowest BCUT2D eigenvalue weighted by molar-refractivity contribution is 0.302. The number of halogens is 1. The Morgan fingerprint density at radius 3 is 2.78 bits per heavy atom. The fourth-order valence-corrected chi connectivity index (χ4v) is 2.13. The molecule has 0 saturated carbocycles. The molecule has 3 nitrogen and oxygen atoms in total. The van der Waals surface area contributed by atoms with Crippen molar-refractivity contribution in [3.8, 4) is 0 Å². The summed E-state index contributed by atoms with van der Waals surface area (Å²) < 4.78 is 0. The quantitative estimate of drug-likeness (QED) is 0.888. The van der Waals surface area contributed by atoms with Crippen LogP contribution in [0, 0.1) is 0 Å². The number of hydrogen-bond donors (Lipinski definition) is 1. The van der Waals surface area contributed by atoms with Crippen LogP contribution in [0.25, 0.3) is 0 Å². The number of aliphatic hydroxyl groups excluding tert-OH is 1. The summed E-state index contributed by atoms with van der Waals surface area (Å²) in [6, 6.07) is 5.81. The van der Waals surface area contributed by atoms with E-state index in [4.69, 9.17) is 16.7 Å². The number of nitrogens with zero attached hydrogens (tertiary/aromatic N) is 2. The number of anilines is 1. The molecule has 2 rings (SSSR count). The Bertz CT molecular complexity index is 442. The van der Waals surface area contributed by atoms with Crippen molar-refractivity contribution in [2.75, 3.05) is 24.6 Å². The molecule has 1 aromatic heterocycles. The van der Waals surface area contributed by atoms with Crippen LogP contribution in [0.2, 0.25) is 0 Å². The lowest BCUT2D eigenvalue weighted by Gasteiger charge is -2.25. The molecule has 1 heterocycles. The topological polar surface area (TPSA) is 36.4 Å². The van der Waals surface area contributed by atoms with Gasteiger partial charge in [-0.15, -0.1) is 0 Å². The molecule has 0 radical (unpaired) electrons. The van der Waals surface area contributed by atoms with E-state index in [9.17, 15) is 0 Å². The molecule has 0 fully saturated rings. The molecule has 18 heavy (non-hydrogen) atoms. The minimum atomic E-state index is 0.125. The Morgan fingerprint density at radius 2 is 2.17 bits per heavy atom. The lowest BCUT2D eigenvalue weighted by Crippen LogP contribution is -2.29. The molecule has 0 saturated heterocycles. The van der Waals surface area contributed by atoms with E-state index >= 15 is 0 Å². The first-order chi connectivity index (χ1) is 8.79. The van der Waals surface area contributed by atoms with Crippen LogP contribution in [0.5, 0.6) is 0 Å². The van der Waals surface area contributed by atoms with Crippen LogP contribution in [0.3, 0.4) is 0 Å². The van der Waals surface area contributed by atoms with Crippen molar-refractivity contribution in [1.82, 2.24) is 4.98 Å². The van der Waals surface area contributed by atoms with Crippen LogP contribution < -0.4 is 4.90 Å². The number of allylic oxidation sites excluding steroid dienone is 3. The van der Waals surface area contributed by atoms with E-state index in [2.05, 4.69) is 16.0 Å². The number of rotatable bonds is 5. The first-order valence-electron chi connectivity index (χ1n) is 6.10. The molecule has 96 valence electrons. The van der Waals surface area contributed by atoms with Gasteiger partial charge < -0.3 is 10.0 Å². The third kappa shape index (κ3) is 3.59. The van der Waals surface area contributed by atoms with Gasteiger partial charge in [-0.25, -0.2) is 4.98 Å². The summed E-state index contributed by atoms with van der Waals surface area (Å²) in [5, 5.41) is 10.1. The summed E-state index contributed by atoms with van der Waals surface area (Å²) in [4.78, 5) is 6.41. The Kier molecular flexibility index (Phi) is 4.79. The average Bonchev–Trinajstić information content (AvgIpc) is 2.42. The smallest absolute Gasteiger partial charge is 0.128 e. The zero-order valence-electron chi connectivity index (χ0n) is 10.2. The molecule has 0 aromatic carbocycles. The minimum absolute atomic E-state index is 0.125. The fourth-order valence-electron chi connectivity index (χ4n) is 1.97. The van der Waals surface area contributed by atoms with Crippen molar-refractivity contribution >= 4 is 17.4 Å². The summed E-state index contributed by atoms with van der Waals surface area (Å²) in [6.45, 7) is 1.50. The normalized spacial score (nSPS) is 15.0. The molecule has 1 aromatic rings. The summed E-state index contributed by atoms with van der Waals surface area (Å²) in [5.74, 6) is 0.896. The van der Waals surface area contributed by atoms with Crippen LogP contribution in [0.1, 0.15) is 12.8 Å². The van der Waals surface area contributed by atoms with Crippen molar-refractivity contribution in [3.63, 3.8) is 0 Å². The molecule has 1 aliphatic carbocycles. The van der Waals surface area contributed by atoms with E-state index in [1.54, 1.807) is 6.20 Å². The zero-order valence-corrected chi connectivity index (χ0v) is 11.0. The van der Waals surface area contributed by atoms with Crippen LogP contribution in [-0.2, 0) is 0 Å². The van der Waals surface area contributed by atoms with Crippen LogP contribution in [0.4, 0.5) is 5.82 Å². The highest BCUT2D eigenvalue weighted by Gasteiger charge is 2.11. The van der Waals surface area contributed by atoms with Crippen molar-refractivity contribution in [2.24, 2.45) is 0 Å². The molecular formula is C14H17ClN2O. The maximum absolute atomic E-state index is 9.15. The van der Waals surface area contributed by atoms with Gasteiger partial charge in [0.2, 0.25) is 0 Å². The van der Waals surface area contributed by atoms with Gasteiger partial charge in [-0.3, -0.25) is 0 Å². The summed E-state index contributed by atoms with van der Waals surface area (Å²) >= 11 is 5.95. The molecule has 0 spiro atoms. The Balaban J connectivity index is 2.08. The van der Waals surface area contributed by atoms with Gasteiger partial charge in [-0.2, -0.15) is 0 Å². The van der Waals surface area contributed by atoms with Crippen molar-refractivity contribution in [1.29, 1.82) is 0 Å². The molecule has 0 bridgehead atoms. The first kappa shape index (κ1) is 13.1. The van der Waals surface area contributed by atoms with E-state index in [1.807, 2.05) is 24.3 Å². The van der Waals surface area contributed by atoms with Gasteiger partial charge in [-0.1, -0.05) is 29.3 Å². The molecule has 0 amide bonds. The van der Waals surface area contributed by atoms with Gasteiger partial charge in [0.05, 0.1) is 6.61 Å². The lowest BCUT2D eigenvalue weighted by atomic mass is 10.0. The SMILES string of the molecule is OCCN(CC1=CC=C(Cl)CC1)c1ccccn1. The van der Waals surface area contributed by atoms with Gasteiger partial charge in [0, 0.05) is 24.3 Å².